The summed E-state index contributed by atoms with van der Waals surface area (Å²) in [5.74, 6) is -0.361. The summed E-state index contributed by atoms with van der Waals surface area (Å²) in [6, 6.07) is 6.83. The maximum atomic E-state index is 11.8. The predicted octanol–water partition coefficient (Wildman–Crippen LogP) is 2.04. The third kappa shape index (κ3) is 5.60. The molecule has 0 aliphatic heterocycles. The van der Waals surface area contributed by atoms with Gasteiger partial charge in [-0.05, 0) is 12.1 Å². The van der Waals surface area contributed by atoms with Gasteiger partial charge in [0.1, 0.15) is 6.61 Å². The second kappa shape index (κ2) is 6.98. The van der Waals surface area contributed by atoms with E-state index in [0.717, 1.165) is 0 Å². The van der Waals surface area contributed by atoms with Crippen molar-refractivity contribution in [3.63, 3.8) is 0 Å². The number of halogens is 3. The van der Waals surface area contributed by atoms with Crippen molar-refractivity contribution < 1.29 is 22.7 Å². The maximum Gasteiger partial charge on any atom is 0.411 e. The van der Waals surface area contributed by atoms with Crippen molar-refractivity contribution in [2.45, 2.75) is 6.18 Å². The van der Waals surface area contributed by atoms with E-state index >= 15 is 0 Å². The van der Waals surface area contributed by atoms with Gasteiger partial charge < -0.3 is 15.4 Å². The van der Waals surface area contributed by atoms with Gasteiger partial charge in [-0.15, -0.1) is 0 Å². The van der Waals surface area contributed by atoms with E-state index in [0.29, 0.717) is 11.3 Å². The molecule has 0 bridgehead atoms. The molecule has 7 heteroatoms. The van der Waals surface area contributed by atoms with Crippen molar-refractivity contribution in [2.75, 3.05) is 32.1 Å². The van der Waals surface area contributed by atoms with Gasteiger partial charge in [0, 0.05) is 19.3 Å². The van der Waals surface area contributed by atoms with Crippen LogP contribution in [-0.4, -0.2) is 38.9 Å². The Morgan fingerprint density at radius 2 is 2.00 bits per heavy atom. The molecule has 1 aromatic carbocycles. The normalized spacial score (nSPS) is 11.2. The molecule has 0 saturated carbocycles. The first-order valence-corrected chi connectivity index (χ1v) is 5.63. The molecule has 0 aromatic heterocycles. The third-order valence-corrected chi connectivity index (χ3v) is 2.24. The van der Waals surface area contributed by atoms with Crippen LogP contribution in [0.25, 0.3) is 0 Å². The van der Waals surface area contributed by atoms with Crippen molar-refractivity contribution in [3.05, 3.63) is 29.8 Å². The zero-order valence-electron chi connectivity index (χ0n) is 10.4. The summed E-state index contributed by atoms with van der Waals surface area (Å²) in [5.41, 5.74) is 1.08. The molecule has 106 valence electrons. The van der Waals surface area contributed by atoms with Crippen LogP contribution in [0.5, 0.6) is 0 Å². The lowest BCUT2D eigenvalue weighted by Gasteiger charge is -2.10. The predicted molar refractivity (Wildman–Crippen MR) is 65.2 cm³/mol. The van der Waals surface area contributed by atoms with Crippen LogP contribution in [0.2, 0.25) is 0 Å². The van der Waals surface area contributed by atoms with E-state index in [9.17, 15) is 18.0 Å². The molecule has 0 fully saturated rings. The molecule has 0 radical (unpaired) electrons. The maximum absolute atomic E-state index is 11.8. The number of nitrogens with one attached hydrogen (secondary N) is 2. The van der Waals surface area contributed by atoms with Gasteiger partial charge in [0.15, 0.2) is 0 Å². The van der Waals surface area contributed by atoms with Crippen LogP contribution in [0, 0.1) is 0 Å². The molecule has 1 rings (SSSR count). The van der Waals surface area contributed by atoms with Crippen LogP contribution in [-0.2, 0) is 4.74 Å². The average Bonchev–Trinajstić information content (AvgIpc) is 2.36. The largest absolute Gasteiger partial charge is 0.411 e. The molecule has 0 aliphatic rings. The number of hydrogen-bond acceptors (Lipinski definition) is 3. The molecule has 4 nitrogen and oxygen atoms in total. The molecule has 0 heterocycles. The lowest BCUT2D eigenvalue weighted by molar-refractivity contribution is -0.173. The fourth-order valence-corrected chi connectivity index (χ4v) is 1.42. The number of alkyl halides is 3. The van der Waals surface area contributed by atoms with Crippen molar-refractivity contribution in [1.29, 1.82) is 0 Å². The first-order valence-electron chi connectivity index (χ1n) is 5.63. The second-order valence-corrected chi connectivity index (χ2v) is 3.72. The highest BCUT2D eigenvalue weighted by atomic mass is 19.4. The Kier molecular flexibility index (Phi) is 5.62. The average molecular weight is 276 g/mol. The van der Waals surface area contributed by atoms with Gasteiger partial charge in [0.05, 0.1) is 12.2 Å². The molecule has 0 atom stereocenters. The molecule has 0 saturated heterocycles. The standard InChI is InChI=1S/C12H15F3N2O2/c1-16-10-5-3-2-4-9(10)11(18)17-6-7-19-8-12(13,14)15/h2-5,16H,6-8H2,1H3,(H,17,18). The first kappa shape index (κ1) is 15.3. The Bertz CT molecular complexity index is 422. The zero-order chi connectivity index (χ0) is 14.3. The Balaban J connectivity index is 2.35. The molecule has 0 unspecified atom stereocenters. The summed E-state index contributed by atoms with van der Waals surface area (Å²) in [7, 11) is 1.68. The molecule has 19 heavy (non-hydrogen) atoms. The Morgan fingerprint density at radius 1 is 1.32 bits per heavy atom. The number of rotatable bonds is 6. The van der Waals surface area contributed by atoms with E-state index < -0.39 is 12.8 Å². The highest BCUT2D eigenvalue weighted by molar-refractivity contribution is 5.99. The van der Waals surface area contributed by atoms with Gasteiger partial charge in [0.25, 0.3) is 5.91 Å². The third-order valence-electron chi connectivity index (χ3n) is 2.24. The van der Waals surface area contributed by atoms with Crippen LogP contribution < -0.4 is 10.6 Å². The molecular weight excluding hydrogens is 261 g/mol. The number of carbonyl (C=O) groups is 1. The minimum absolute atomic E-state index is 0.0208. The van der Waals surface area contributed by atoms with Gasteiger partial charge in [-0.2, -0.15) is 13.2 Å². The molecule has 1 amide bonds. The molecule has 2 N–H and O–H groups in total. The number of anilines is 1. The minimum Gasteiger partial charge on any atom is -0.387 e. The second-order valence-electron chi connectivity index (χ2n) is 3.72. The van der Waals surface area contributed by atoms with Gasteiger partial charge >= 0.3 is 6.18 Å². The van der Waals surface area contributed by atoms with Crippen molar-refractivity contribution in [3.8, 4) is 0 Å². The van der Waals surface area contributed by atoms with E-state index in [2.05, 4.69) is 15.4 Å². The van der Waals surface area contributed by atoms with E-state index in [-0.39, 0.29) is 19.1 Å². The van der Waals surface area contributed by atoms with E-state index in [1.54, 1.807) is 31.3 Å². The summed E-state index contributed by atoms with van der Waals surface area (Å²) in [6.07, 6.45) is -4.34. The molecule has 0 spiro atoms. The quantitative estimate of drug-likeness (QED) is 0.782. The van der Waals surface area contributed by atoms with Crippen LogP contribution in [0.4, 0.5) is 18.9 Å². The molecule has 1 aromatic rings. The SMILES string of the molecule is CNc1ccccc1C(=O)NCCOCC(F)(F)F. The summed E-state index contributed by atoms with van der Waals surface area (Å²) in [5, 5.41) is 5.35. The minimum atomic E-state index is -4.34. The van der Waals surface area contributed by atoms with Crippen LogP contribution in [0.1, 0.15) is 10.4 Å². The highest BCUT2D eigenvalue weighted by Gasteiger charge is 2.27. The fraction of sp³-hybridized carbons (Fsp3) is 0.417. The Hall–Kier alpha value is -1.76. The lowest BCUT2D eigenvalue weighted by atomic mass is 10.1. The van der Waals surface area contributed by atoms with Crippen LogP contribution in [0.15, 0.2) is 24.3 Å². The summed E-state index contributed by atoms with van der Waals surface area (Å²) < 4.78 is 39.7. The smallest absolute Gasteiger partial charge is 0.387 e. The summed E-state index contributed by atoms with van der Waals surface area (Å²) in [6.45, 7) is -1.48. The highest BCUT2D eigenvalue weighted by Crippen LogP contribution is 2.14. The lowest BCUT2D eigenvalue weighted by Crippen LogP contribution is -2.29. The number of para-hydroxylation sites is 1. The number of hydrogen-bond donors (Lipinski definition) is 2. The van der Waals surface area contributed by atoms with E-state index in [4.69, 9.17) is 0 Å². The Labute approximate surface area is 108 Å². The van der Waals surface area contributed by atoms with E-state index in [1.807, 2.05) is 0 Å². The van der Waals surface area contributed by atoms with Gasteiger partial charge in [-0.3, -0.25) is 4.79 Å². The van der Waals surface area contributed by atoms with Gasteiger partial charge in [-0.1, -0.05) is 12.1 Å². The van der Waals surface area contributed by atoms with Crippen molar-refractivity contribution in [2.24, 2.45) is 0 Å². The van der Waals surface area contributed by atoms with Crippen LogP contribution in [0.3, 0.4) is 0 Å². The van der Waals surface area contributed by atoms with Crippen LogP contribution >= 0.6 is 0 Å². The monoisotopic (exact) mass is 276 g/mol. The number of amides is 1. The zero-order valence-corrected chi connectivity index (χ0v) is 10.4. The topological polar surface area (TPSA) is 50.4 Å². The number of benzene rings is 1. The Morgan fingerprint density at radius 3 is 2.63 bits per heavy atom. The fourth-order valence-electron chi connectivity index (χ4n) is 1.42. The number of ether oxygens (including phenoxy) is 1. The van der Waals surface area contributed by atoms with Crippen molar-refractivity contribution in [1.82, 2.24) is 5.32 Å². The van der Waals surface area contributed by atoms with Gasteiger partial charge in [-0.25, -0.2) is 0 Å². The summed E-state index contributed by atoms with van der Waals surface area (Å²) in [4.78, 5) is 11.8. The van der Waals surface area contributed by atoms with E-state index in [1.165, 1.54) is 0 Å². The van der Waals surface area contributed by atoms with Crippen molar-refractivity contribution >= 4 is 11.6 Å². The number of carbonyl (C=O) groups excluding carboxylic acids is 1. The first-order chi connectivity index (χ1) is 8.94. The van der Waals surface area contributed by atoms with Gasteiger partial charge in [0.2, 0.25) is 0 Å². The molecule has 0 aliphatic carbocycles. The summed E-state index contributed by atoms with van der Waals surface area (Å²) >= 11 is 0. The molecular formula is C12H15F3N2O2.